The van der Waals surface area contributed by atoms with Gasteiger partial charge in [0.2, 0.25) is 0 Å². The van der Waals surface area contributed by atoms with E-state index < -0.39 is 0 Å². The predicted octanol–water partition coefficient (Wildman–Crippen LogP) is 2.14. The zero-order valence-corrected chi connectivity index (χ0v) is 16.8. The number of aryl methyl sites for hydroxylation is 1. The first kappa shape index (κ1) is 20.0. The summed E-state index contributed by atoms with van der Waals surface area (Å²) in [7, 11) is 1.87. The first-order valence-electron chi connectivity index (χ1n) is 10.2. The highest BCUT2D eigenvalue weighted by Gasteiger charge is 2.20. The number of guanidine groups is 1. The minimum atomic E-state index is 0.593. The van der Waals surface area contributed by atoms with Crippen LogP contribution in [0.4, 0.5) is 5.69 Å². The van der Waals surface area contributed by atoms with E-state index in [1.165, 1.54) is 11.3 Å². The average Bonchev–Trinajstić information content (AvgIpc) is 3.21. The number of ether oxygens (including phenoxy) is 2. The molecule has 1 unspecified atom stereocenters. The Morgan fingerprint density at radius 3 is 2.85 bits per heavy atom. The number of anilines is 1. The lowest BCUT2D eigenvalue weighted by atomic mass is 10.1. The maximum atomic E-state index is 5.77. The van der Waals surface area contributed by atoms with E-state index in [1.54, 1.807) is 0 Å². The summed E-state index contributed by atoms with van der Waals surface area (Å²) >= 11 is 0. The molecule has 6 nitrogen and oxygen atoms in total. The van der Waals surface area contributed by atoms with Crippen LogP contribution in [0, 0.1) is 12.8 Å². The van der Waals surface area contributed by atoms with Gasteiger partial charge in [0.05, 0.1) is 13.2 Å². The van der Waals surface area contributed by atoms with Crippen LogP contribution in [-0.4, -0.2) is 77.1 Å². The molecule has 0 aliphatic carbocycles. The van der Waals surface area contributed by atoms with E-state index in [-0.39, 0.29) is 0 Å². The zero-order valence-electron chi connectivity index (χ0n) is 16.8. The monoisotopic (exact) mass is 374 g/mol. The highest BCUT2D eigenvalue weighted by Crippen LogP contribution is 2.17. The van der Waals surface area contributed by atoms with Gasteiger partial charge in [-0.3, -0.25) is 4.99 Å². The quantitative estimate of drug-likeness (QED) is 0.450. The molecule has 2 saturated heterocycles. The molecule has 0 saturated carbocycles. The molecule has 2 aliphatic rings. The largest absolute Gasteiger partial charge is 0.381 e. The van der Waals surface area contributed by atoms with Crippen LogP contribution in [0.1, 0.15) is 18.4 Å². The summed E-state index contributed by atoms with van der Waals surface area (Å²) in [5.74, 6) is 1.60. The Labute approximate surface area is 163 Å². The summed E-state index contributed by atoms with van der Waals surface area (Å²) in [6.45, 7) is 10.5. The van der Waals surface area contributed by atoms with Crippen LogP contribution in [0.5, 0.6) is 0 Å². The molecule has 2 heterocycles. The van der Waals surface area contributed by atoms with Crippen molar-refractivity contribution >= 4 is 11.6 Å². The van der Waals surface area contributed by atoms with Gasteiger partial charge in [-0.25, -0.2) is 0 Å². The van der Waals surface area contributed by atoms with Crippen LogP contribution in [-0.2, 0) is 9.47 Å². The second kappa shape index (κ2) is 10.5. The third-order valence-electron chi connectivity index (χ3n) is 5.28. The van der Waals surface area contributed by atoms with E-state index in [1.807, 2.05) is 7.05 Å². The lowest BCUT2D eigenvalue weighted by Crippen LogP contribution is -2.52. The molecule has 2 fully saturated rings. The van der Waals surface area contributed by atoms with Gasteiger partial charge in [0.25, 0.3) is 0 Å². The summed E-state index contributed by atoms with van der Waals surface area (Å²) in [5, 5.41) is 3.48. The van der Waals surface area contributed by atoms with Crippen molar-refractivity contribution in [2.45, 2.75) is 19.8 Å². The van der Waals surface area contributed by atoms with Crippen molar-refractivity contribution in [1.82, 2.24) is 10.2 Å². The molecule has 1 atom stereocenters. The molecule has 0 radical (unpaired) electrons. The predicted molar refractivity (Wildman–Crippen MR) is 111 cm³/mol. The van der Waals surface area contributed by atoms with Gasteiger partial charge in [0, 0.05) is 64.6 Å². The molecule has 150 valence electrons. The Bertz CT molecular complexity index is 594. The van der Waals surface area contributed by atoms with Crippen molar-refractivity contribution in [3.63, 3.8) is 0 Å². The van der Waals surface area contributed by atoms with E-state index >= 15 is 0 Å². The van der Waals surface area contributed by atoms with Crippen molar-refractivity contribution in [2.24, 2.45) is 10.9 Å². The number of nitrogens with zero attached hydrogens (tertiary/aromatic N) is 3. The van der Waals surface area contributed by atoms with E-state index in [4.69, 9.17) is 9.47 Å². The molecule has 0 bridgehead atoms. The molecule has 27 heavy (non-hydrogen) atoms. The fraction of sp³-hybridized carbons (Fsp3) is 0.667. The van der Waals surface area contributed by atoms with Gasteiger partial charge in [-0.1, -0.05) is 12.1 Å². The topological polar surface area (TPSA) is 49.3 Å². The SMILES string of the molecule is CN=C(NCCCOCC1CCOC1)N1CCN(c2cccc(C)c2)CC1. The minimum absolute atomic E-state index is 0.593. The van der Waals surface area contributed by atoms with Gasteiger partial charge >= 0.3 is 0 Å². The van der Waals surface area contributed by atoms with Crippen LogP contribution in [0.15, 0.2) is 29.3 Å². The number of aliphatic imine (C=N–C) groups is 1. The van der Waals surface area contributed by atoms with Gasteiger partial charge in [0.1, 0.15) is 0 Å². The fourth-order valence-corrected chi connectivity index (χ4v) is 3.67. The number of benzene rings is 1. The highest BCUT2D eigenvalue weighted by molar-refractivity contribution is 5.80. The van der Waals surface area contributed by atoms with E-state index in [2.05, 4.69) is 51.3 Å². The van der Waals surface area contributed by atoms with Gasteiger partial charge in [-0.2, -0.15) is 0 Å². The Kier molecular flexibility index (Phi) is 7.78. The summed E-state index contributed by atoms with van der Waals surface area (Å²) < 4.78 is 11.1. The van der Waals surface area contributed by atoms with Crippen molar-refractivity contribution in [3.05, 3.63) is 29.8 Å². The summed E-state index contributed by atoms with van der Waals surface area (Å²) in [5.41, 5.74) is 2.64. The van der Waals surface area contributed by atoms with E-state index in [0.29, 0.717) is 5.92 Å². The number of piperazine rings is 1. The van der Waals surface area contributed by atoms with E-state index in [9.17, 15) is 0 Å². The van der Waals surface area contributed by atoms with Gasteiger partial charge < -0.3 is 24.6 Å². The van der Waals surface area contributed by atoms with Crippen molar-refractivity contribution < 1.29 is 9.47 Å². The van der Waals surface area contributed by atoms with Crippen LogP contribution in [0.3, 0.4) is 0 Å². The molecule has 3 rings (SSSR count). The average molecular weight is 375 g/mol. The molecule has 6 heteroatoms. The molecular formula is C21H34N4O2. The molecule has 2 aliphatic heterocycles. The lowest BCUT2D eigenvalue weighted by Gasteiger charge is -2.37. The van der Waals surface area contributed by atoms with Crippen molar-refractivity contribution in [1.29, 1.82) is 0 Å². The molecule has 1 N–H and O–H groups in total. The van der Waals surface area contributed by atoms with Gasteiger partial charge in [-0.05, 0) is 37.5 Å². The van der Waals surface area contributed by atoms with Crippen LogP contribution in [0.2, 0.25) is 0 Å². The van der Waals surface area contributed by atoms with Gasteiger partial charge in [-0.15, -0.1) is 0 Å². The normalized spacial score (nSPS) is 21.0. The first-order chi connectivity index (χ1) is 13.3. The van der Waals surface area contributed by atoms with Crippen molar-refractivity contribution in [2.75, 3.05) is 71.1 Å². The van der Waals surface area contributed by atoms with Crippen molar-refractivity contribution in [3.8, 4) is 0 Å². The summed E-state index contributed by atoms with van der Waals surface area (Å²) in [6.07, 6.45) is 2.13. The maximum Gasteiger partial charge on any atom is 0.193 e. The van der Waals surface area contributed by atoms with Gasteiger partial charge in [0.15, 0.2) is 5.96 Å². The van der Waals surface area contributed by atoms with Crippen LogP contribution >= 0.6 is 0 Å². The third-order valence-corrected chi connectivity index (χ3v) is 5.28. The molecule has 1 aromatic rings. The number of rotatable bonds is 7. The Hall–Kier alpha value is -1.79. The van der Waals surface area contributed by atoms with Crippen LogP contribution in [0.25, 0.3) is 0 Å². The van der Waals surface area contributed by atoms with E-state index in [0.717, 1.165) is 78.0 Å². The smallest absolute Gasteiger partial charge is 0.193 e. The molecule has 0 spiro atoms. The second-order valence-electron chi connectivity index (χ2n) is 7.45. The summed E-state index contributed by atoms with van der Waals surface area (Å²) in [4.78, 5) is 9.27. The standard InChI is InChI=1S/C21H34N4O2/c1-18-5-3-6-20(15-18)24-9-11-25(12-10-24)21(22-2)23-8-4-13-26-16-19-7-14-27-17-19/h3,5-6,15,19H,4,7-14,16-17H2,1-2H3,(H,22,23). The third kappa shape index (κ3) is 6.11. The lowest BCUT2D eigenvalue weighted by molar-refractivity contribution is 0.0887. The number of hydrogen-bond acceptors (Lipinski definition) is 4. The number of hydrogen-bond donors (Lipinski definition) is 1. The Balaban J connectivity index is 1.32. The molecule has 1 aromatic carbocycles. The summed E-state index contributed by atoms with van der Waals surface area (Å²) in [6, 6.07) is 8.75. The highest BCUT2D eigenvalue weighted by atomic mass is 16.5. The van der Waals surface area contributed by atoms with Crippen LogP contribution < -0.4 is 10.2 Å². The molecule has 0 aromatic heterocycles. The fourth-order valence-electron chi connectivity index (χ4n) is 3.67. The maximum absolute atomic E-state index is 5.77. The number of nitrogens with one attached hydrogen (secondary N) is 1. The zero-order chi connectivity index (χ0) is 18.9. The second-order valence-corrected chi connectivity index (χ2v) is 7.45. The molecular weight excluding hydrogens is 340 g/mol. The first-order valence-corrected chi connectivity index (χ1v) is 10.2. The minimum Gasteiger partial charge on any atom is -0.381 e. The Morgan fingerprint density at radius 2 is 2.15 bits per heavy atom. The molecule has 0 amide bonds. The Morgan fingerprint density at radius 1 is 1.30 bits per heavy atom.